The summed E-state index contributed by atoms with van der Waals surface area (Å²) >= 11 is 1.79. The third-order valence-electron chi connectivity index (χ3n) is 9.86. The molecule has 0 spiro atoms. The van der Waals surface area contributed by atoms with Crippen LogP contribution in [0.4, 0.5) is 0 Å². The molecule has 0 radical (unpaired) electrons. The van der Waals surface area contributed by atoms with Crippen molar-refractivity contribution in [1.82, 2.24) is 24.9 Å². The molecule has 5 nitrogen and oxygen atoms in total. The fraction of sp³-hybridized carbons (Fsp3) is 0. The van der Waals surface area contributed by atoms with Crippen molar-refractivity contribution in [1.29, 1.82) is 0 Å². The van der Waals surface area contributed by atoms with E-state index in [1.807, 2.05) is 73.3 Å². The van der Waals surface area contributed by atoms with Crippen LogP contribution in [0.1, 0.15) is 0 Å². The molecular formula is C49H31N5S. The summed E-state index contributed by atoms with van der Waals surface area (Å²) in [4.78, 5) is 25.7. The van der Waals surface area contributed by atoms with E-state index in [4.69, 9.17) is 15.0 Å². The Bertz CT molecular complexity index is 2910. The summed E-state index contributed by atoms with van der Waals surface area (Å²) in [7, 11) is 0. The highest BCUT2D eigenvalue weighted by atomic mass is 32.1. The molecule has 0 saturated carbocycles. The Hall–Kier alpha value is -7.15. The molecule has 0 atom stereocenters. The third-order valence-corrected chi connectivity index (χ3v) is 11.1. The van der Waals surface area contributed by atoms with Crippen LogP contribution in [0.15, 0.2) is 189 Å². The molecule has 5 heterocycles. The Labute approximate surface area is 322 Å². The molecule has 10 rings (SSSR count). The van der Waals surface area contributed by atoms with Crippen LogP contribution in [0.5, 0.6) is 0 Å². The molecule has 10 aromatic rings. The smallest absolute Gasteiger partial charge is 0.160 e. The summed E-state index contributed by atoms with van der Waals surface area (Å²) in [6.45, 7) is 0. The van der Waals surface area contributed by atoms with Crippen LogP contribution in [0.25, 0.3) is 98.8 Å². The number of pyridine rings is 3. The lowest BCUT2D eigenvalue weighted by Gasteiger charge is -2.13. The van der Waals surface area contributed by atoms with E-state index in [9.17, 15) is 0 Å². The first-order valence-corrected chi connectivity index (χ1v) is 19.0. The SMILES string of the molecule is c1ccc(-c2cc(-c3cccc(-c4cccc(-c5nc6ccccc6c6sc(-c7cccnc7)c(-c7cccnc7)c56)c4)c3)nc(-c3ccccc3)n2)cc1. The van der Waals surface area contributed by atoms with Crippen LogP contribution in [-0.4, -0.2) is 24.9 Å². The third kappa shape index (κ3) is 6.14. The van der Waals surface area contributed by atoms with E-state index in [1.165, 1.54) is 4.70 Å². The molecule has 0 aliphatic rings. The zero-order valence-corrected chi connectivity index (χ0v) is 30.4. The predicted molar refractivity (Wildman–Crippen MR) is 226 cm³/mol. The number of fused-ring (bicyclic) bond motifs is 3. The van der Waals surface area contributed by atoms with Gasteiger partial charge in [-0.25, -0.2) is 15.0 Å². The average molecular weight is 722 g/mol. The van der Waals surface area contributed by atoms with E-state index >= 15 is 0 Å². The van der Waals surface area contributed by atoms with Crippen LogP contribution in [0, 0.1) is 0 Å². The standard InChI is InChI=1S/C49H31N5S/c1-3-13-32(14-4-1)42-29-43(54-49(53-42)33-15-5-2-6-16-33)36-19-9-17-34(27-36)35-18-10-20-37(28-35)46-45-44(38-21-11-25-50-30-38)47(39-22-12-26-51-31-39)55-48(45)40-23-7-8-24-41(40)52-46/h1-31H. The van der Waals surface area contributed by atoms with Gasteiger partial charge >= 0.3 is 0 Å². The van der Waals surface area contributed by atoms with Crippen molar-refractivity contribution < 1.29 is 0 Å². The highest BCUT2D eigenvalue weighted by Gasteiger charge is 2.23. The molecule has 0 aliphatic carbocycles. The summed E-state index contributed by atoms with van der Waals surface area (Å²) in [6, 6.07) is 56.6. The van der Waals surface area contributed by atoms with E-state index < -0.39 is 0 Å². The zero-order chi connectivity index (χ0) is 36.6. The quantitative estimate of drug-likeness (QED) is 0.164. The molecule has 0 N–H and O–H groups in total. The molecule has 5 aromatic heterocycles. The first-order chi connectivity index (χ1) is 27.3. The summed E-state index contributed by atoms with van der Waals surface area (Å²) in [5.41, 5.74) is 13.1. The van der Waals surface area contributed by atoms with Crippen molar-refractivity contribution in [2.75, 3.05) is 0 Å². The Morgan fingerprint density at radius 2 is 0.964 bits per heavy atom. The van der Waals surface area contributed by atoms with Gasteiger partial charge in [0.25, 0.3) is 0 Å². The molecule has 0 fully saturated rings. The number of hydrogen-bond acceptors (Lipinski definition) is 6. The summed E-state index contributed by atoms with van der Waals surface area (Å²) in [6.07, 6.45) is 7.53. The molecule has 55 heavy (non-hydrogen) atoms. The second-order valence-electron chi connectivity index (χ2n) is 13.3. The minimum atomic E-state index is 0.696. The fourth-order valence-electron chi connectivity index (χ4n) is 7.25. The minimum absolute atomic E-state index is 0.696. The molecule has 0 bridgehead atoms. The van der Waals surface area contributed by atoms with Gasteiger partial charge in [0, 0.05) is 84.1 Å². The van der Waals surface area contributed by atoms with Gasteiger partial charge in [-0.1, -0.05) is 127 Å². The normalized spacial score (nSPS) is 11.3. The maximum absolute atomic E-state index is 5.40. The largest absolute Gasteiger partial charge is 0.264 e. The molecule has 0 saturated heterocycles. The van der Waals surface area contributed by atoms with E-state index in [2.05, 4.69) is 125 Å². The number of aromatic nitrogens is 5. The van der Waals surface area contributed by atoms with Crippen LogP contribution >= 0.6 is 11.3 Å². The van der Waals surface area contributed by atoms with Crippen molar-refractivity contribution in [2.24, 2.45) is 0 Å². The number of benzene rings is 5. The van der Waals surface area contributed by atoms with Crippen LogP contribution in [-0.2, 0) is 0 Å². The zero-order valence-electron chi connectivity index (χ0n) is 29.5. The van der Waals surface area contributed by atoms with E-state index in [0.29, 0.717) is 5.82 Å². The van der Waals surface area contributed by atoms with E-state index in [0.717, 1.165) is 88.3 Å². The van der Waals surface area contributed by atoms with Crippen molar-refractivity contribution in [3.63, 3.8) is 0 Å². The maximum Gasteiger partial charge on any atom is 0.160 e. The first-order valence-electron chi connectivity index (χ1n) is 18.1. The summed E-state index contributed by atoms with van der Waals surface area (Å²) < 4.78 is 1.19. The summed E-state index contributed by atoms with van der Waals surface area (Å²) in [5.74, 6) is 0.696. The monoisotopic (exact) mass is 721 g/mol. The van der Waals surface area contributed by atoms with Crippen LogP contribution < -0.4 is 0 Å². The molecule has 0 aliphatic heterocycles. The van der Waals surface area contributed by atoms with Gasteiger partial charge in [0.1, 0.15) is 0 Å². The lowest BCUT2D eigenvalue weighted by molar-refractivity contribution is 1.18. The Morgan fingerprint density at radius 3 is 1.67 bits per heavy atom. The lowest BCUT2D eigenvalue weighted by atomic mass is 9.94. The van der Waals surface area contributed by atoms with Crippen molar-refractivity contribution in [2.45, 2.75) is 0 Å². The molecule has 0 amide bonds. The van der Waals surface area contributed by atoms with Gasteiger partial charge in [-0.2, -0.15) is 0 Å². The number of nitrogens with zero attached hydrogens (tertiary/aromatic N) is 5. The molecule has 258 valence electrons. The molecular weight excluding hydrogens is 691 g/mol. The topological polar surface area (TPSA) is 64.5 Å². The second kappa shape index (κ2) is 14.0. The first kappa shape index (κ1) is 32.5. The number of rotatable bonds is 7. The van der Waals surface area contributed by atoms with Crippen molar-refractivity contribution in [3.05, 3.63) is 189 Å². The summed E-state index contributed by atoms with van der Waals surface area (Å²) in [5, 5.41) is 2.24. The lowest BCUT2D eigenvalue weighted by Crippen LogP contribution is -1.96. The van der Waals surface area contributed by atoms with Crippen LogP contribution in [0.2, 0.25) is 0 Å². The number of thiophene rings is 1. The fourth-order valence-corrected chi connectivity index (χ4v) is 8.60. The maximum atomic E-state index is 5.40. The Morgan fingerprint density at radius 1 is 0.400 bits per heavy atom. The van der Waals surface area contributed by atoms with Gasteiger partial charge in [0.2, 0.25) is 0 Å². The van der Waals surface area contributed by atoms with Gasteiger partial charge < -0.3 is 0 Å². The van der Waals surface area contributed by atoms with E-state index in [-0.39, 0.29) is 0 Å². The van der Waals surface area contributed by atoms with E-state index in [1.54, 1.807) is 11.3 Å². The van der Waals surface area contributed by atoms with Crippen LogP contribution in [0.3, 0.4) is 0 Å². The Balaban J connectivity index is 1.14. The second-order valence-corrected chi connectivity index (χ2v) is 14.3. The number of hydrogen-bond donors (Lipinski definition) is 0. The minimum Gasteiger partial charge on any atom is -0.264 e. The number of para-hydroxylation sites is 1. The van der Waals surface area contributed by atoms with Crippen molar-refractivity contribution in [3.8, 4) is 77.9 Å². The molecule has 0 unspecified atom stereocenters. The average Bonchev–Trinajstić information content (AvgIpc) is 3.69. The van der Waals surface area contributed by atoms with Gasteiger partial charge in [-0.3, -0.25) is 9.97 Å². The van der Waals surface area contributed by atoms with Gasteiger partial charge in [-0.05, 0) is 47.5 Å². The molecule has 5 aromatic carbocycles. The molecule has 6 heteroatoms. The van der Waals surface area contributed by atoms with Gasteiger partial charge in [0.05, 0.1) is 22.6 Å². The highest BCUT2D eigenvalue weighted by molar-refractivity contribution is 7.24. The van der Waals surface area contributed by atoms with Gasteiger partial charge in [0.15, 0.2) is 5.82 Å². The highest BCUT2D eigenvalue weighted by Crippen LogP contribution is 2.50. The van der Waals surface area contributed by atoms with Gasteiger partial charge in [-0.15, -0.1) is 11.3 Å². The Kier molecular flexibility index (Phi) is 8.28. The predicted octanol–water partition coefficient (Wildman–Crippen LogP) is 12.7. The van der Waals surface area contributed by atoms with Crippen molar-refractivity contribution >= 4 is 32.3 Å².